The van der Waals surface area contributed by atoms with Gasteiger partial charge in [0.05, 0.1) is 4.47 Å². The quantitative estimate of drug-likeness (QED) is 0.425. The van der Waals surface area contributed by atoms with Crippen LogP contribution < -0.4 is 10.1 Å². The topological polar surface area (TPSA) is 58.6 Å². The number of hydrogen-bond donors (Lipinski definition) is 1. The zero-order valence-corrected chi connectivity index (χ0v) is 20.6. The molecule has 0 aliphatic heterocycles. The molecule has 3 aromatic carbocycles. The highest BCUT2D eigenvalue weighted by atomic mass is 79.9. The van der Waals surface area contributed by atoms with Gasteiger partial charge >= 0.3 is 0 Å². The summed E-state index contributed by atoms with van der Waals surface area (Å²) in [4.78, 5) is 27.3. The van der Waals surface area contributed by atoms with E-state index in [0.29, 0.717) is 10.8 Å². The summed E-state index contributed by atoms with van der Waals surface area (Å²) in [6.07, 6.45) is 0. The third-order valence-corrected chi connectivity index (χ3v) is 6.11. The van der Waals surface area contributed by atoms with Gasteiger partial charge in [0.1, 0.15) is 11.8 Å². The summed E-state index contributed by atoms with van der Waals surface area (Å²) in [5.74, 6) is 0.0726. The Labute approximate surface area is 201 Å². The number of carbonyl (C=O) groups excluding carboxylic acids is 2. The number of halogens is 2. The molecule has 1 atom stereocenters. The second kappa shape index (κ2) is 10.8. The molecule has 0 radical (unpaired) electrons. The Kier molecular flexibility index (Phi) is 8.15. The van der Waals surface area contributed by atoms with Crippen LogP contribution in [-0.4, -0.2) is 35.4 Å². The number of amides is 2. The van der Waals surface area contributed by atoms with E-state index < -0.39 is 6.04 Å². The first-order chi connectivity index (χ1) is 15.3. The SMILES string of the molecule is CC(C)NC(=O)[C@H](C)N(Cc1ccc(Cl)cc1)C(=O)COc1ccc2ccccc2c1Br. The molecule has 0 aromatic heterocycles. The lowest BCUT2D eigenvalue weighted by molar-refractivity contribution is -0.142. The number of hydrogen-bond acceptors (Lipinski definition) is 3. The number of nitrogens with zero attached hydrogens (tertiary/aromatic N) is 1. The summed E-state index contributed by atoms with van der Waals surface area (Å²) in [7, 11) is 0. The number of benzene rings is 3. The molecule has 0 aliphatic carbocycles. The van der Waals surface area contributed by atoms with Crippen LogP contribution in [0.5, 0.6) is 5.75 Å². The van der Waals surface area contributed by atoms with Crippen LogP contribution in [0.4, 0.5) is 0 Å². The lowest BCUT2D eigenvalue weighted by Gasteiger charge is -2.29. The average Bonchev–Trinajstić information content (AvgIpc) is 2.77. The monoisotopic (exact) mass is 516 g/mol. The van der Waals surface area contributed by atoms with E-state index >= 15 is 0 Å². The zero-order valence-electron chi connectivity index (χ0n) is 18.3. The molecule has 2 amide bonds. The lowest BCUT2D eigenvalue weighted by atomic mass is 10.1. The molecule has 168 valence electrons. The summed E-state index contributed by atoms with van der Waals surface area (Å²) in [6.45, 7) is 5.57. The summed E-state index contributed by atoms with van der Waals surface area (Å²) in [6, 6.07) is 18.2. The number of nitrogens with one attached hydrogen (secondary N) is 1. The molecule has 0 unspecified atom stereocenters. The minimum absolute atomic E-state index is 0.0257. The van der Waals surface area contributed by atoms with Crippen molar-refractivity contribution in [1.29, 1.82) is 0 Å². The van der Waals surface area contributed by atoms with Crippen molar-refractivity contribution in [3.8, 4) is 5.75 Å². The molecule has 0 saturated carbocycles. The molecule has 32 heavy (non-hydrogen) atoms. The highest BCUT2D eigenvalue weighted by Gasteiger charge is 2.27. The lowest BCUT2D eigenvalue weighted by Crippen LogP contribution is -2.50. The molecule has 0 saturated heterocycles. The Morgan fingerprint density at radius 2 is 1.72 bits per heavy atom. The van der Waals surface area contributed by atoms with E-state index in [1.165, 1.54) is 4.90 Å². The normalized spacial score (nSPS) is 11.9. The van der Waals surface area contributed by atoms with E-state index in [4.69, 9.17) is 16.3 Å². The Hall–Kier alpha value is -2.57. The van der Waals surface area contributed by atoms with Gasteiger partial charge in [-0.15, -0.1) is 0 Å². The molecule has 1 N–H and O–H groups in total. The maximum absolute atomic E-state index is 13.2. The van der Waals surface area contributed by atoms with Gasteiger partial charge in [0.2, 0.25) is 5.91 Å². The second-order valence-corrected chi connectivity index (χ2v) is 9.10. The highest BCUT2D eigenvalue weighted by Crippen LogP contribution is 2.33. The van der Waals surface area contributed by atoms with Crippen LogP contribution in [0.3, 0.4) is 0 Å². The average molecular weight is 518 g/mol. The van der Waals surface area contributed by atoms with Gasteiger partial charge in [-0.25, -0.2) is 0 Å². The van der Waals surface area contributed by atoms with Crippen molar-refractivity contribution < 1.29 is 14.3 Å². The smallest absolute Gasteiger partial charge is 0.261 e. The van der Waals surface area contributed by atoms with Crippen molar-refractivity contribution in [2.75, 3.05) is 6.61 Å². The molecular formula is C25H26BrClN2O3. The van der Waals surface area contributed by atoms with Gasteiger partial charge in [-0.2, -0.15) is 0 Å². The van der Waals surface area contributed by atoms with Crippen molar-refractivity contribution >= 4 is 50.1 Å². The van der Waals surface area contributed by atoms with E-state index in [-0.39, 0.29) is 31.0 Å². The van der Waals surface area contributed by atoms with E-state index in [1.54, 1.807) is 19.1 Å². The second-order valence-electron chi connectivity index (χ2n) is 7.87. The molecule has 7 heteroatoms. The Morgan fingerprint density at radius 1 is 1.03 bits per heavy atom. The van der Waals surface area contributed by atoms with Crippen LogP contribution in [-0.2, 0) is 16.1 Å². The van der Waals surface area contributed by atoms with Crippen molar-refractivity contribution in [2.24, 2.45) is 0 Å². The number of rotatable bonds is 8. The molecule has 0 bridgehead atoms. The van der Waals surface area contributed by atoms with E-state index in [1.807, 2.05) is 62.4 Å². The third kappa shape index (κ3) is 6.02. The maximum atomic E-state index is 13.2. The van der Waals surface area contributed by atoms with Crippen molar-refractivity contribution in [2.45, 2.75) is 39.4 Å². The molecule has 3 aromatic rings. The number of fused-ring (bicyclic) bond motifs is 1. The van der Waals surface area contributed by atoms with Gasteiger partial charge in [-0.1, -0.05) is 54.1 Å². The maximum Gasteiger partial charge on any atom is 0.261 e. The van der Waals surface area contributed by atoms with Crippen LogP contribution in [0.25, 0.3) is 10.8 Å². The fourth-order valence-electron chi connectivity index (χ4n) is 3.32. The first-order valence-electron chi connectivity index (χ1n) is 10.4. The molecule has 0 heterocycles. The molecule has 3 rings (SSSR count). The minimum Gasteiger partial charge on any atom is -0.483 e. The van der Waals surface area contributed by atoms with Crippen LogP contribution in [0.15, 0.2) is 65.1 Å². The van der Waals surface area contributed by atoms with E-state index in [9.17, 15) is 9.59 Å². The highest BCUT2D eigenvalue weighted by molar-refractivity contribution is 9.10. The van der Waals surface area contributed by atoms with Gasteiger partial charge < -0.3 is 15.0 Å². The van der Waals surface area contributed by atoms with Crippen LogP contribution in [0.1, 0.15) is 26.3 Å². The molecule has 0 aliphatic rings. The van der Waals surface area contributed by atoms with Gasteiger partial charge in [0.25, 0.3) is 5.91 Å². The van der Waals surface area contributed by atoms with Crippen LogP contribution >= 0.6 is 27.5 Å². The largest absolute Gasteiger partial charge is 0.483 e. The van der Waals surface area contributed by atoms with Gasteiger partial charge in [-0.3, -0.25) is 9.59 Å². The molecule has 0 spiro atoms. The fraction of sp³-hybridized carbons (Fsp3) is 0.280. The summed E-state index contributed by atoms with van der Waals surface area (Å²) < 4.78 is 6.65. The first kappa shape index (κ1) is 24.1. The van der Waals surface area contributed by atoms with Crippen molar-refractivity contribution in [3.05, 3.63) is 75.7 Å². The first-order valence-corrected chi connectivity index (χ1v) is 11.6. The van der Waals surface area contributed by atoms with Crippen LogP contribution in [0.2, 0.25) is 5.02 Å². The van der Waals surface area contributed by atoms with E-state index in [2.05, 4.69) is 21.2 Å². The number of carbonyl (C=O) groups is 2. The predicted octanol–water partition coefficient (Wildman–Crippen LogP) is 5.58. The van der Waals surface area contributed by atoms with Crippen molar-refractivity contribution in [3.63, 3.8) is 0 Å². The Balaban J connectivity index is 1.78. The molecule has 0 fully saturated rings. The molecular weight excluding hydrogens is 492 g/mol. The summed E-state index contributed by atoms with van der Waals surface area (Å²) in [5, 5.41) is 5.56. The predicted molar refractivity (Wildman–Crippen MR) is 132 cm³/mol. The standard InChI is InChI=1S/C25H26BrClN2O3/c1-16(2)28-25(31)17(3)29(14-18-8-11-20(27)12-9-18)23(30)15-32-22-13-10-19-6-4-5-7-21(19)24(22)26/h4-13,16-17H,14-15H2,1-3H3,(H,28,31)/t17-/m0/s1. The van der Waals surface area contributed by atoms with Gasteiger partial charge in [0.15, 0.2) is 6.61 Å². The summed E-state index contributed by atoms with van der Waals surface area (Å²) >= 11 is 9.57. The fourth-order valence-corrected chi connectivity index (χ4v) is 4.06. The molecule has 5 nitrogen and oxygen atoms in total. The van der Waals surface area contributed by atoms with E-state index in [0.717, 1.165) is 20.8 Å². The zero-order chi connectivity index (χ0) is 23.3. The number of ether oxygens (including phenoxy) is 1. The van der Waals surface area contributed by atoms with Crippen molar-refractivity contribution in [1.82, 2.24) is 10.2 Å². The third-order valence-electron chi connectivity index (χ3n) is 5.04. The van der Waals surface area contributed by atoms with Gasteiger partial charge in [-0.05, 0) is 71.2 Å². The Bertz CT molecular complexity index is 1100. The summed E-state index contributed by atoms with van der Waals surface area (Å²) in [5.41, 5.74) is 0.874. The van der Waals surface area contributed by atoms with Gasteiger partial charge in [0, 0.05) is 17.6 Å². The Morgan fingerprint density at radius 3 is 2.41 bits per heavy atom. The van der Waals surface area contributed by atoms with Crippen LogP contribution in [0, 0.1) is 0 Å². The minimum atomic E-state index is -0.663.